The van der Waals surface area contributed by atoms with Crippen LogP contribution in [-0.2, 0) is 4.79 Å². The van der Waals surface area contributed by atoms with Crippen molar-refractivity contribution in [3.8, 4) is 6.07 Å². The van der Waals surface area contributed by atoms with Crippen LogP contribution >= 0.6 is 23.1 Å². The van der Waals surface area contributed by atoms with Gasteiger partial charge in [0.25, 0.3) is 0 Å². The van der Waals surface area contributed by atoms with Crippen molar-refractivity contribution in [2.45, 2.75) is 30.6 Å². The van der Waals surface area contributed by atoms with E-state index in [2.05, 4.69) is 33.5 Å². The second-order valence-electron chi connectivity index (χ2n) is 4.85. The van der Waals surface area contributed by atoms with Crippen LogP contribution in [0.2, 0.25) is 0 Å². The normalized spacial score (nSPS) is 13.3. The SMILES string of the molecule is C=CCNc1nnc(SCC(=O)NC(C)(C#N)C(C)C)s1. The number of anilines is 1. The Balaban J connectivity index is 2.48. The van der Waals surface area contributed by atoms with Gasteiger partial charge in [0.05, 0.1) is 11.8 Å². The molecule has 0 bridgehead atoms. The third kappa shape index (κ3) is 5.36. The summed E-state index contributed by atoms with van der Waals surface area (Å²) < 4.78 is 0.708. The fourth-order valence-electron chi connectivity index (χ4n) is 1.25. The number of hydrogen-bond acceptors (Lipinski definition) is 7. The predicted octanol–water partition coefficient (Wildman–Crippen LogP) is 2.28. The first-order valence-electron chi connectivity index (χ1n) is 6.44. The molecule has 1 aromatic rings. The first-order valence-corrected chi connectivity index (χ1v) is 8.25. The highest BCUT2D eigenvalue weighted by atomic mass is 32.2. The van der Waals surface area contributed by atoms with Gasteiger partial charge in [0.1, 0.15) is 5.54 Å². The molecule has 0 radical (unpaired) electrons. The zero-order chi connectivity index (χ0) is 15.9. The minimum atomic E-state index is -0.852. The molecule has 21 heavy (non-hydrogen) atoms. The number of amides is 1. The standard InChI is InChI=1S/C13H19N5OS2/c1-5-6-15-11-17-18-12(21-11)20-7-10(19)16-13(4,8-14)9(2)3/h5,9H,1,6-7H2,2-4H3,(H,15,17)(H,16,19). The molecule has 1 heterocycles. The lowest BCUT2D eigenvalue weighted by molar-refractivity contribution is -0.120. The molecule has 0 aromatic carbocycles. The fourth-order valence-corrected chi connectivity index (χ4v) is 2.81. The first kappa shape index (κ1) is 17.5. The van der Waals surface area contributed by atoms with Gasteiger partial charge in [-0.25, -0.2) is 0 Å². The van der Waals surface area contributed by atoms with Crippen molar-refractivity contribution in [2.75, 3.05) is 17.6 Å². The van der Waals surface area contributed by atoms with E-state index in [9.17, 15) is 4.79 Å². The molecule has 8 heteroatoms. The number of nitrogens with one attached hydrogen (secondary N) is 2. The number of rotatable bonds is 8. The van der Waals surface area contributed by atoms with Crippen molar-refractivity contribution in [3.05, 3.63) is 12.7 Å². The predicted molar refractivity (Wildman–Crippen MR) is 86.3 cm³/mol. The van der Waals surface area contributed by atoms with E-state index in [4.69, 9.17) is 5.26 Å². The molecule has 0 spiro atoms. The van der Waals surface area contributed by atoms with E-state index < -0.39 is 5.54 Å². The summed E-state index contributed by atoms with van der Waals surface area (Å²) in [5, 5.41) is 23.6. The lowest BCUT2D eigenvalue weighted by Gasteiger charge is -2.27. The van der Waals surface area contributed by atoms with Crippen LogP contribution in [0, 0.1) is 17.2 Å². The molecule has 1 unspecified atom stereocenters. The highest BCUT2D eigenvalue weighted by Gasteiger charge is 2.29. The minimum Gasteiger partial charge on any atom is -0.357 e. The maximum atomic E-state index is 11.9. The van der Waals surface area contributed by atoms with Gasteiger partial charge in [-0.15, -0.1) is 16.8 Å². The quantitative estimate of drug-likeness (QED) is 0.563. The number of aromatic nitrogens is 2. The Hall–Kier alpha value is -1.59. The monoisotopic (exact) mass is 325 g/mol. The molecule has 1 atom stereocenters. The van der Waals surface area contributed by atoms with Crippen molar-refractivity contribution in [2.24, 2.45) is 5.92 Å². The number of nitrogens with zero attached hydrogens (tertiary/aromatic N) is 3. The van der Waals surface area contributed by atoms with E-state index in [1.165, 1.54) is 23.1 Å². The highest BCUT2D eigenvalue weighted by molar-refractivity contribution is 8.01. The van der Waals surface area contributed by atoms with Crippen molar-refractivity contribution >= 4 is 34.1 Å². The number of thioether (sulfide) groups is 1. The molecule has 0 aliphatic rings. The summed E-state index contributed by atoms with van der Waals surface area (Å²) in [6.07, 6.45) is 1.73. The molecule has 0 saturated heterocycles. The van der Waals surface area contributed by atoms with Crippen LogP contribution < -0.4 is 10.6 Å². The summed E-state index contributed by atoms with van der Waals surface area (Å²) in [6, 6.07) is 2.15. The van der Waals surface area contributed by atoms with Crippen LogP contribution in [-0.4, -0.2) is 33.9 Å². The molecule has 1 aromatic heterocycles. The maximum absolute atomic E-state index is 11.9. The van der Waals surface area contributed by atoms with Crippen molar-refractivity contribution < 1.29 is 4.79 Å². The Morgan fingerprint density at radius 2 is 2.33 bits per heavy atom. The average Bonchev–Trinajstić information content (AvgIpc) is 2.90. The van der Waals surface area contributed by atoms with Gasteiger partial charge in [-0.2, -0.15) is 5.26 Å². The maximum Gasteiger partial charge on any atom is 0.231 e. The van der Waals surface area contributed by atoms with Gasteiger partial charge >= 0.3 is 0 Å². The second kappa shape index (κ2) is 8.00. The van der Waals surface area contributed by atoms with Crippen LogP contribution in [0.3, 0.4) is 0 Å². The average molecular weight is 325 g/mol. The van der Waals surface area contributed by atoms with Crippen LogP contribution in [0.4, 0.5) is 5.13 Å². The number of carbonyl (C=O) groups excluding carboxylic acids is 1. The molecule has 6 nitrogen and oxygen atoms in total. The second-order valence-corrected chi connectivity index (χ2v) is 7.05. The molecule has 0 aliphatic carbocycles. The summed E-state index contributed by atoms with van der Waals surface area (Å²) in [5.41, 5.74) is -0.852. The Labute approximate surface area is 133 Å². The molecule has 0 aliphatic heterocycles. The third-order valence-electron chi connectivity index (χ3n) is 2.92. The number of nitriles is 1. The topological polar surface area (TPSA) is 90.7 Å². The highest BCUT2D eigenvalue weighted by Crippen LogP contribution is 2.25. The fraction of sp³-hybridized carbons (Fsp3) is 0.538. The minimum absolute atomic E-state index is 0.0349. The van der Waals surface area contributed by atoms with Gasteiger partial charge in [0, 0.05) is 6.54 Å². The third-order valence-corrected chi connectivity index (χ3v) is 4.93. The van der Waals surface area contributed by atoms with Gasteiger partial charge in [-0.1, -0.05) is 43.0 Å². The smallest absolute Gasteiger partial charge is 0.231 e. The van der Waals surface area contributed by atoms with Gasteiger partial charge in [-0.05, 0) is 12.8 Å². The summed E-state index contributed by atoms with van der Waals surface area (Å²) in [6.45, 7) is 9.76. The number of hydrogen-bond donors (Lipinski definition) is 2. The van der Waals surface area contributed by atoms with Gasteiger partial charge < -0.3 is 10.6 Å². The van der Waals surface area contributed by atoms with Crippen LogP contribution in [0.5, 0.6) is 0 Å². The largest absolute Gasteiger partial charge is 0.357 e. The molecular formula is C13H19N5OS2. The van der Waals surface area contributed by atoms with Crippen molar-refractivity contribution in [1.29, 1.82) is 5.26 Å². The molecule has 1 rings (SSSR count). The van der Waals surface area contributed by atoms with E-state index in [0.717, 1.165) is 0 Å². The lowest BCUT2D eigenvalue weighted by Crippen LogP contribution is -2.49. The summed E-state index contributed by atoms with van der Waals surface area (Å²) in [4.78, 5) is 11.9. The zero-order valence-electron chi connectivity index (χ0n) is 12.3. The van der Waals surface area contributed by atoms with E-state index in [0.29, 0.717) is 16.0 Å². The molecule has 114 valence electrons. The lowest BCUT2D eigenvalue weighted by atomic mass is 9.90. The Kier molecular flexibility index (Phi) is 6.65. The molecule has 2 N–H and O–H groups in total. The van der Waals surface area contributed by atoms with Crippen LogP contribution in [0.1, 0.15) is 20.8 Å². The van der Waals surface area contributed by atoms with Gasteiger partial charge in [0.2, 0.25) is 11.0 Å². The molecule has 0 saturated carbocycles. The Morgan fingerprint density at radius 3 is 2.90 bits per heavy atom. The Morgan fingerprint density at radius 1 is 1.62 bits per heavy atom. The van der Waals surface area contributed by atoms with Crippen LogP contribution in [0.15, 0.2) is 17.0 Å². The van der Waals surface area contributed by atoms with Crippen molar-refractivity contribution in [1.82, 2.24) is 15.5 Å². The molecule has 1 amide bonds. The van der Waals surface area contributed by atoms with Gasteiger partial charge in [-0.3, -0.25) is 4.79 Å². The summed E-state index contributed by atoms with van der Waals surface area (Å²) >= 11 is 2.69. The van der Waals surface area contributed by atoms with E-state index in [-0.39, 0.29) is 17.6 Å². The van der Waals surface area contributed by atoms with E-state index in [1.54, 1.807) is 13.0 Å². The molecular weight excluding hydrogens is 306 g/mol. The van der Waals surface area contributed by atoms with Gasteiger partial charge in [0.15, 0.2) is 4.34 Å². The van der Waals surface area contributed by atoms with E-state index >= 15 is 0 Å². The van der Waals surface area contributed by atoms with Crippen LogP contribution in [0.25, 0.3) is 0 Å². The zero-order valence-corrected chi connectivity index (χ0v) is 14.0. The summed E-state index contributed by atoms with van der Waals surface area (Å²) in [7, 11) is 0. The molecule has 0 fully saturated rings. The Bertz CT molecular complexity index is 537. The number of carbonyl (C=O) groups is 1. The first-order chi connectivity index (χ1) is 9.91. The van der Waals surface area contributed by atoms with Crippen molar-refractivity contribution in [3.63, 3.8) is 0 Å². The van der Waals surface area contributed by atoms with E-state index in [1.807, 2.05) is 13.8 Å². The summed E-state index contributed by atoms with van der Waals surface area (Å²) in [5.74, 6) is 0.0568.